The highest BCUT2D eigenvalue weighted by atomic mass is 16.2. The van der Waals surface area contributed by atoms with Crippen LogP contribution < -0.4 is 10.6 Å². The number of amides is 3. The molecule has 0 bridgehead atoms. The number of carbonyl (C=O) groups excluding carboxylic acids is 3. The van der Waals surface area contributed by atoms with Gasteiger partial charge in [0.25, 0.3) is 0 Å². The van der Waals surface area contributed by atoms with E-state index in [1.54, 1.807) is 0 Å². The zero-order valence-corrected chi connectivity index (χ0v) is 16.5. The first-order chi connectivity index (χ1) is 12.7. The average molecular weight is 369 g/mol. The molecule has 3 amide bonds. The number of nitrogens with one attached hydrogen (secondary N) is 2. The fourth-order valence-electron chi connectivity index (χ4n) is 5.06. The largest absolute Gasteiger partial charge is 0.324 e. The molecule has 3 aliphatic rings. The number of nitrogens with zero attached hydrogens (tertiary/aromatic N) is 1. The van der Waals surface area contributed by atoms with Crippen LogP contribution in [0, 0.1) is 24.7 Å². The second-order valence-electron chi connectivity index (χ2n) is 8.53. The lowest BCUT2D eigenvalue weighted by atomic mass is 9.75. The molecule has 6 heteroatoms. The van der Waals surface area contributed by atoms with Crippen LogP contribution in [0.4, 0.5) is 5.69 Å². The fourth-order valence-corrected chi connectivity index (χ4v) is 5.06. The van der Waals surface area contributed by atoms with Crippen molar-refractivity contribution in [2.24, 2.45) is 17.8 Å². The Morgan fingerprint density at radius 2 is 1.85 bits per heavy atom. The lowest BCUT2D eigenvalue weighted by Crippen LogP contribution is -2.54. The molecule has 3 heterocycles. The normalized spacial score (nSPS) is 33.0. The highest BCUT2D eigenvalue weighted by Gasteiger charge is 2.71. The summed E-state index contributed by atoms with van der Waals surface area (Å²) in [6.07, 6.45) is 0.700. The van der Waals surface area contributed by atoms with E-state index in [1.807, 2.05) is 52.8 Å². The van der Waals surface area contributed by atoms with Gasteiger partial charge in [0, 0.05) is 23.3 Å². The maximum absolute atomic E-state index is 13.5. The van der Waals surface area contributed by atoms with Crippen molar-refractivity contribution in [2.45, 2.75) is 58.7 Å². The summed E-state index contributed by atoms with van der Waals surface area (Å²) in [5.41, 5.74) is 1.36. The highest BCUT2D eigenvalue weighted by molar-refractivity contribution is 6.15. The molecule has 5 atom stereocenters. The maximum Gasteiger partial charge on any atom is 0.250 e. The third kappa shape index (κ3) is 2.19. The predicted molar refractivity (Wildman–Crippen MR) is 102 cm³/mol. The Balaban J connectivity index is 1.92. The molecule has 0 radical (unpaired) electrons. The van der Waals surface area contributed by atoms with E-state index in [-0.39, 0.29) is 35.7 Å². The van der Waals surface area contributed by atoms with E-state index in [1.165, 1.54) is 4.90 Å². The van der Waals surface area contributed by atoms with Crippen molar-refractivity contribution < 1.29 is 14.4 Å². The van der Waals surface area contributed by atoms with Crippen LogP contribution in [0.15, 0.2) is 18.2 Å². The van der Waals surface area contributed by atoms with Crippen molar-refractivity contribution >= 4 is 23.4 Å². The Hall–Kier alpha value is -2.21. The molecule has 5 unspecified atom stereocenters. The lowest BCUT2D eigenvalue weighted by molar-refractivity contribution is -0.145. The Bertz CT molecular complexity index is 849. The van der Waals surface area contributed by atoms with Crippen molar-refractivity contribution in [3.8, 4) is 0 Å². The van der Waals surface area contributed by atoms with Gasteiger partial charge >= 0.3 is 0 Å². The summed E-state index contributed by atoms with van der Waals surface area (Å²) in [5.74, 6) is -1.69. The van der Waals surface area contributed by atoms with Gasteiger partial charge in [-0.15, -0.1) is 0 Å². The van der Waals surface area contributed by atoms with Crippen LogP contribution in [0.1, 0.15) is 45.2 Å². The molecule has 0 saturated carbocycles. The minimum Gasteiger partial charge on any atom is -0.324 e. The third-order valence-corrected chi connectivity index (χ3v) is 6.59. The van der Waals surface area contributed by atoms with Gasteiger partial charge in [-0.25, -0.2) is 0 Å². The molecule has 144 valence electrons. The summed E-state index contributed by atoms with van der Waals surface area (Å²) in [7, 11) is 0. The number of hydrogen-bond donors (Lipinski definition) is 2. The summed E-state index contributed by atoms with van der Waals surface area (Å²) in [6, 6.07) is 5.39. The van der Waals surface area contributed by atoms with Crippen LogP contribution >= 0.6 is 0 Å². The quantitative estimate of drug-likeness (QED) is 0.801. The monoisotopic (exact) mass is 369 g/mol. The van der Waals surface area contributed by atoms with Crippen molar-refractivity contribution in [3.63, 3.8) is 0 Å². The zero-order valence-electron chi connectivity index (χ0n) is 16.5. The van der Waals surface area contributed by atoms with Crippen LogP contribution in [-0.2, 0) is 19.9 Å². The van der Waals surface area contributed by atoms with Gasteiger partial charge in [-0.3, -0.25) is 24.6 Å². The van der Waals surface area contributed by atoms with E-state index in [0.29, 0.717) is 6.42 Å². The first kappa shape index (κ1) is 18.2. The maximum atomic E-state index is 13.5. The molecule has 1 spiro atoms. The summed E-state index contributed by atoms with van der Waals surface area (Å²) in [4.78, 5) is 41.4. The van der Waals surface area contributed by atoms with Gasteiger partial charge < -0.3 is 5.32 Å². The molecule has 2 N–H and O–H groups in total. The van der Waals surface area contributed by atoms with Gasteiger partial charge in [-0.2, -0.15) is 0 Å². The molecule has 4 rings (SSSR count). The predicted octanol–water partition coefficient (Wildman–Crippen LogP) is 2.17. The SMILES string of the molecule is CCC(C)N1C(=O)C2C(C(C)C)NC3(C(=O)Nc4ccc(C)cc43)C2C1=O. The number of hydrogen-bond acceptors (Lipinski definition) is 4. The number of anilines is 1. The van der Waals surface area contributed by atoms with Crippen molar-refractivity contribution in [3.05, 3.63) is 29.3 Å². The molecular weight excluding hydrogens is 342 g/mol. The van der Waals surface area contributed by atoms with Crippen molar-refractivity contribution in [1.29, 1.82) is 0 Å². The smallest absolute Gasteiger partial charge is 0.250 e. The number of rotatable bonds is 3. The fraction of sp³-hybridized carbons (Fsp3) is 0.571. The zero-order chi connectivity index (χ0) is 19.7. The van der Waals surface area contributed by atoms with Crippen LogP contribution in [0.2, 0.25) is 0 Å². The lowest BCUT2D eigenvalue weighted by Gasteiger charge is -2.32. The highest BCUT2D eigenvalue weighted by Crippen LogP contribution is 2.54. The van der Waals surface area contributed by atoms with Gasteiger partial charge in [-0.1, -0.05) is 38.5 Å². The summed E-state index contributed by atoms with van der Waals surface area (Å²) >= 11 is 0. The molecule has 0 aromatic heterocycles. The first-order valence-electron chi connectivity index (χ1n) is 9.81. The number of aryl methyl sites for hydroxylation is 1. The Labute approximate surface area is 159 Å². The number of carbonyl (C=O) groups is 3. The Morgan fingerprint density at radius 3 is 2.48 bits per heavy atom. The van der Waals surface area contributed by atoms with E-state index in [4.69, 9.17) is 0 Å². The van der Waals surface area contributed by atoms with Crippen molar-refractivity contribution in [2.75, 3.05) is 5.32 Å². The summed E-state index contributed by atoms with van der Waals surface area (Å²) < 4.78 is 0. The number of benzene rings is 1. The molecule has 1 aromatic rings. The average Bonchev–Trinajstić information content (AvgIpc) is 3.20. The van der Waals surface area contributed by atoms with Crippen LogP contribution in [0.5, 0.6) is 0 Å². The van der Waals surface area contributed by atoms with E-state index >= 15 is 0 Å². The topological polar surface area (TPSA) is 78.5 Å². The first-order valence-corrected chi connectivity index (χ1v) is 9.81. The standard InChI is InChI=1S/C21H27N3O3/c1-6-12(5)24-18(25)15-16(19(24)26)21(23-17(15)10(2)3)13-9-11(4)7-8-14(13)22-20(21)27/h7-10,12,15-17,23H,6H2,1-5H3,(H,22,27). The van der Waals surface area contributed by atoms with E-state index in [2.05, 4.69) is 10.6 Å². The Kier molecular flexibility index (Phi) is 3.97. The molecule has 6 nitrogen and oxygen atoms in total. The molecule has 3 aliphatic heterocycles. The summed E-state index contributed by atoms with van der Waals surface area (Å²) in [5, 5.41) is 6.40. The van der Waals surface area contributed by atoms with Crippen molar-refractivity contribution in [1.82, 2.24) is 10.2 Å². The minimum atomic E-state index is -1.17. The molecule has 1 aromatic carbocycles. The number of fused-ring (bicyclic) bond motifs is 4. The van der Waals surface area contributed by atoms with Crippen LogP contribution in [0.3, 0.4) is 0 Å². The number of imide groups is 1. The van der Waals surface area contributed by atoms with E-state index in [0.717, 1.165) is 16.8 Å². The van der Waals surface area contributed by atoms with E-state index in [9.17, 15) is 14.4 Å². The second kappa shape index (κ2) is 5.89. The summed E-state index contributed by atoms with van der Waals surface area (Å²) in [6.45, 7) is 9.89. The molecule has 0 aliphatic carbocycles. The minimum absolute atomic E-state index is 0.118. The van der Waals surface area contributed by atoms with Crippen LogP contribution in [-0.4, -0.2) is 34.7 Å². The third-order valence-electron chi connectivity index (χ3n) is 6.59. The van der Waals surface area contributed by atoms with Gasteiger partial charge in [0.1, 0.15) is 5.54 Å². The van der Waals surface area contributed by atoms with E-state index < -0.39 is 17.4 Å². The number of likely N-dealkylation sites (tertiary alicyclic amines) is 1. The second-order valence-corrected chi connectivity index (χ2v) is 8.53. The van der Waals surface area contributed by atoms with Gasteiger partial charge in [-0.05, 0) is 32.3 Å². The van der Waals surface area contributed by atoms with Gasteiger partial charge in [0.15, 0.2) is 0 Å². The van der Waals surface area contributed by atoms with Gasteiger partial charge in [0.2, 0.25) is 17.7 Å². The molecule has 2 saturated heterocycles. The Morgan fingerprint density at radius 1 is 1.15 bits per heavy atom. The molecular formula is C21H27N3O3. The molecule has 27 heavy (non-hydrogen) atoms. The van der Waals surface area contributed by atoms with Crippen LogP contribution in [0.25, 0.3) is 0 Å². The van der Waals surface area contributed by atoms with Gasteiger partial charge in [0.05, 0.1) is 11.8 Å². The molecule has 2 fully saturated rings.